The number of rotatable bonds is 5. The van der Waals surface area contributed by atoms with Gasteiger partial charge in [0.05, 0.1) is 13.7 Å². The summed E-state index contributed by atoms with van der Waals surface area (Å²) in [7, 11) is 1.62. The molecule has 110 valence electrons. The fourth-order valence-corrected chi connectivity index (χ4v) is 2.38. The molecule has 0 radical (unpaired) electrons. The highest BCUT2D eigenvalue weighted by atomic mass is 16.5. The molecule has 0 aliphatic rings. The Morgan fingerprint density at radius 1 is 0.955 bits per heavy atom. The zero-order valence-electron chi connectivity index (χ0n) is 12.4. The average molecular weight is 291 g/mol. The molecule has 0 fully saturated rings. The first-order chi connectivity index (χ1) is 10.8. The zero-order chi connectivity index (χ0) is 15.4. The van der Waals surface area contributed by atoms with E-state index < -0.39 is 0 Å². The van der Waals surface area contributed by atoms with Crippen LogP contribution in [0.4, 0.5) is 5.69 Å². The lowest BCUT2D eigenvalue weighted by atomic mass is 10.0. The first-order valence-corrected chi connectivity index (χ1v) is 7.16. The maximum Gasteiger partial charge on any atom is 0.181 e. The van der Waals surface area contributed by atoms with E-state index >= 15 is 0 Å². The number of nitrogens with one attached hydrogen (secondary N) is 1. The van der Waals surface area contributed by atoms with Crippen molar-refractivity contribution in [2.75, 3.05) is 19.0 Å². The fraction of sp³-hybridized carbons (Fsp3) is 0.105. The van der Waals surface area contributed by atoms with Gasteiger partial charge in [-0.3, -0.25) is 4.79 Å². The number of benzene rings is 3. The van der Waals surface area contributed by atoms with Crippen molar-refractivity contribution in [3.63, 3.8) is 0 Å². The highest BCUT2D eigenvalue weighted by molar-refractivity contribution is 6.02. The van der Waals surface area contributed by atoms with E-state index in [1.807, 2.05) is 66.7 Å². The van der Waals surface area contributed by atoms with Gasteiger partial charge in [0.15, 0.2) is 5.78 Å². The van der Waals surface area contributed by atoms with Crippen LogP contribution in [0.3, 0.4) is 0 Å². The molecule has 3 nitrogen and oxygen atoms in total. The molecule has 0 aliphatic carbocycles. The smallest absolute Gasteiger partial charge is 0.181 e. The van der Waals surface area contributed by atoms with Crippen molar-refractivity contribution in [1.82, 2.24) is 0 Å². The van der Waals surface area contributed by atoms with Crippen molar-refractivity contribution < 1.29 is 9.53 Å². The maximum atomic E-state index is 12.3. The van der Waals surface area contributed by atoms with Crippen molar-refractivity contribution in [3.05, 3.63) is 72.3 Å². The normalized spacial score (nSPS) is 10.4. The molecular weight excluding hydrogens is 274 g/mol. The molecule has 3 heteroatoms. The number of hydrogen-bond acceptors (Lipinski definition) is 3. The molecule has 22 heavy (non-hydrogen) atoms. The molecule has 0 saturated carbocycles. The Bertz CT molecular complexity index is 811. The van der Waals surface area contributed by atoms with Crippen molar-refractivity contribution in [3.8, 4) is 5.75 Å². The third kappa shape index (κ3) is 3.09. The summed E-state index contributed by atoms with van der Waals surface area (Å²) in [6, 6.07) is 21.4. The molecule has 3 aromatic rings. The van der Waals surface area contributed by atoms with E-state index in [1.165, 1.54) is 0 Å². The molecule has 0 unspecified atom stereocenters. The summed E-state index contributed by atoms with van der Waals surface area (Å²) in [6.07, 6.45) is 0. The van der Waals surface area contributed by atoms with Crippen LogP contribution < -0.4 is 10.1 Å². The lowest BCUT2D eigenvalue weighted by molar-refractivity contribution is 0.101. The molecule has 3 rings (SSSR count). The summed E-state index contributed by atoms with van der Waals surface area (Å²) < 4.78 is 5.17. The molecule has 0 amide bonds. The Hall–Kier alpha value is -2.81. The second-order valence-electron chi connectivity index (χ2n) is 5.07. The van der Waals surface area contributed by atoms with E-state index in [2.05, 4.69) is 5.32 Å². The number of carbonyl (C=O) groups is 1. The van der Waals surface area contributed by atoms with Gasteiger partial charge in [0.2, 0.25) is 0 Å². The second-order valence-corrected chi connectivity index (χ2v) is 5.07. The lowest BCUT2D eigenvalue weighted by Gasteiger charge is -2.08. The van der Waals surface area contributed by atoms with E-state index in [1.54, 1.807) is 7.11 Å². The highest BCUT2D eigenvalue weighted by Gasteiger charge is 2.06. The van der Waals surface area contributed by atoms with Gasteiger partial charge in [-0.25, -0.2) is 0 Å². The first kappa shape index (κ1) is 14.1. The van der Waals surface area contributed by atoms with Gasteiger partial charge in [-0.1, -0.05) is 42.5 Å². The van der Waals surface area contributed by atoms with Crippen molar-refractivity contribution in [2.45, 2.75) is 0 Å². The van der Waals surface area contributed by atoms with E-state index in [0.29, 0.717) is 5.56 Å². The third-order valence-corrected chi connectivity index (χ3v) is 3.59. The number of anilines is 1. The van der Waals surface area contributed by atoms with Crippen LogP contribution in [-0.2, 0) is 0 Å². The van der Waals surface area contributed by atoms with Gasteiger partial charge in [-0.05, 0) is 29.0 Å². The molecule has 0 saturated heterocycles. The van der Waals surface area contributed by atoms with Gasteiger partial charge in [-0.2, -0.15) is 0 Å². The van der Waals surface area contributed by atoms with E-state index in [-0.39, 0.29) is 12.3 Å². The molecule has 0 heterocycles. The summed E-state index contributed by atoms with van der Waals surface area (Å²) in [5.74, 6) is 0.830. The zero-order valence-corrected chi connectivity index (χ0v) is 12.4. The predicted molar refractivity (Wildman–Crippen MR) is 89.8 cm³/mol. The largest absolute Gasteiger partial charge is 0.497 e. The first-order valence-electron chi connectivity index (χ1n) is 7.16. The van der Waals surface area contributed by atoms with Crippen LogP contribution in [0.2, 0.25) is 0 Å². The van der Waals surface area contributed by atoms with Gasteiger partial charge in [0.25, 0.3) is 0 Å². The molecule has 0 bridgehead atoms. The predicted octanol–water partition coefficient (Wildman–Crippen LogP) is 4.14. The molecule has 0 aliphatic heterocycles. The van der Waals surface area contributed by atoms with Crippen LogP contribution in [0, 0.1) is 0 Å². The second kappa shape index (κ2) is 6.31. The highest BCUT2D eigenvalue weighted by Crippen LogP contribution is 2.18. The Morgan fingerprint density at radius 3 is 2.59 bits per heavy atom. The summed E-state index contributed by atoms with van der Waals surface area (Å²) in [4.78, 5) is 12.3. The number of methoxy groups -OCH3 is 1. The number of hydrogen-bond donors (Lipinski definition) is 1. The Kier molecular flexibility index (Phi) is 4.05. The Labute approximate surface area is 129 Å². The number of ketones is 1. The monoisotopic (exact) mass is 291 g/mol. The molecule has 0 aromatic heterocycles. The van der Waals surface area contributed by atoms with E-state index in [4.69, 9.17) is 4.74 Å². The van der Waals surface area contributed by atoms with E-state index in [9.17, 15) is 4.79 Å². The number of ether oxygens (including phenoxy) is 1. The SMILES string of the molecule is COc1cccc(NCC(=O)c2ccc3ccccc3c2)c1. The van der Waals surface area contributed by atoms with Crippen LogP contribution in [0.25, 0.3) is 10.8 Å². The van der Waals surface area contributed by atoms with Gasteiger partial charge < -0.3 is 10.1 Å². The summed E-state index contributed by atoms with van der Waals surface area (Å²) in [5.41, 5.74) is 1.59. The van der Waals surface area contributed by atoms with Crippen LogP contribution in [-0.4, -0.2) is 19.4 Å². The standard InChI is InChI=1S/C19H17NO2/c1-22-18-8-4-7-17(12-18)20-13-19(21)16-10-9-14-5-2-3-6-15(14)11-16/h2-12,20H,13H2,1H3. The summed E-state index contributed by atoms with van der Waals surface area (Å²) >= 11 is 0. The van der Waals surface area contributed by atoms with Crippen LogP contribution in [0.5, 0.6) is 5.75 Å². The fourth-order valence-electron chi connectivity index (χ4n) is 2.38. The van der Waals surface area contributed by atoms with Gasteiger partial charge in [0.1, 0.15) is 5.75 Å². The number of carbonyl (C=O) groups excluding carboxylic acids is 1. The summed E-state index contributed by atoms with van der Waals surface area (Å²) in [6.45, 7) is 0.255. The number of Topliss-reactive ketones (excluding diaryl/α,β-unsaturated/α-hetero) is 1. The molecule has 1 N–H and O–H groups in total. The Morgan fingerprint density at radius 2 is 1.77 bits per heavy atom. The minimum absolute atomic E-state index is 0.0635. The van der Waals surface area contributed by atoms with Crippen LogP contribution in [0.1, 0.15) is 10.4 Å². The van der Waals surface area contributed by atoms with Gasteiger partial charge >= 0.3 is 0 Å². The minimum atomic E-state index is 0.0635. The Balaban J connectivity index is 1.72. The maximum absolute atomic E-state index is 12.3. The summed E-state index contributed by atoms with van der Waals surface area (Å²) in [5, 5.41) is 5.35. The molecule has 0 spiro atoms. The van der Waals surface area contributed by atoms with E-state index in [0.717, 1.165) is 22.2 Å². The quantitative estimate of drug-likeness (QED) is 0.718. The molecule has 3 aromatic carbocycles. The average Bonchev–Trinajstić information content (AvgIpc) is 2.59. The number of fused-ring (bicyclic) bond motifs is 1. The van der Waals surface area contributed by atoms with Crippen molar-refractivity contribution in [1.29, 1.82) is 0 Å². The van der Waals surface area contributed by atoms with Crippen molar-refractivity contribution >= 4 is 22.2 Å². The minimum Gasteiger partial charge on any atom is -0.497 e. The van der Waals surface area contributed by atoms with Crippen LogP contribution in [0.15, 0.2) is 66.7 Å². The van der Waals surface area contributed by atoms with Gasteiger partial charge in [0, 0.05) is 17.3 Å². The van der Waals surface area contributed by atoms with Crippen LogP contribution >= 0.6 is 0 Å². The van der Waals surface area contributed by atoms with Gasteiger partial charge in [-0.15, -0.1) is 0 Å². The molecular formula is C19H17NO2. The molecule has 0 atom stereocenters. The van der Waals surface area contributed by atoms with Crippen molar-refractivity contribution in [2.24, 2.45) is 0 Å². The lowest BCUT2D eigenvalue weighted by Crippen LogP contribution is -2.13. The topological polar surface area (TPSA) is 38.3 Å². The third-order valence-electron chi connectivity index (χ3n) is 3.59.